The molecule has 110 valence electrons. The number of unbranched alkanes of at least 4 members (excludes halogenated alkanes) is 1. The summed E-state index contributed by atoms with van der Waals surface area (Å²) in [5.41, 5.74) is 3.61. The van der Waals surface area contributed by atoms with Gasteiger partial charge in [-0.15, -0.1) is 0 Å². The van der Waals surface area contributed by atoms with E-state index in [9.17, 15) is 4.79 Å². The van der Waals surface area contributed by atoms with Gasteiger partial charge in [0.25, 0.3) is 0 Å². The predicted molar refractivity (Wildman–Crippen MR) is 86.8 cm³/mol. The molecule has 2 rings (SSSR count). The van der Waals surface area contributed by atoms with E-state index < -0.39 is 0 Å². The molecule has 3 heteroatoms. The Balaban J connectivity index is 2.36. The molecule has 0 spiro atoms. The Kier molecular flexibility index (Phi) is 5.40. The fraction of sp³-hybridized carbons (Fsp3) is 0.278. The van der Waals surface area contributed by atoms with Crippen molar-refractivity contribution >= 4 is 17.6 Å². The Morgan fingerprint density at radius 2 is 1.86 bits per heavy atom. The van der Waals surface area contributed by atoms with Crippen molar-refractivity contribution < 1.29 is 9.53 Å². The van der Waals surface area contributed by atoms with Crippen molar-refractivity contribution in [3.05, 3.63) is 58.6 Å². The lowest BCUT2D eigenvalue weighted by Gasteiger charge is -2.09. The summed E-state index contributed by atoms with van der Waals surface area (Å²) in [6.45, 7) is 2.18. The van der Waals surface area contributed by atoms with Crippen LogP contribution in [0.1, 0.15) is 35.7 Å². The van der Waals surface area contributed by atoms with Crippen LogP contribution in [-0.2, 0) is 11.2 Å². The summed E-state index contributed by atoms with van der Waals surface area (Å²) in [4.78, 5) is 11.9. The number of ether oxygens (including phenoxy) is 1. The zero-order valence-corrected chi connectivity index (χ0v) is 13.1. The Bertz CT molecular complexity index is 618. The summed E-state index contributed by atoms with van der Waals surface area (Å²) in [6, 6.07) is 13.5. The quantitative estimate of drug-likeness (QED) is 0.715. The average molecular weight is 303 g/mol. The fourth-order valence-corrected chi connectivity index (χ4v) is 2.45. The Morgan fingerprint density at radius 1 is 1.14 bits per heavy atom. The number of aryl methyl sites for hydroxylation is 1. The van der Waals surface area contributed by atoms with E-state index in [0.717, 1.165) is 17.5 Å². The monoisotopic (exact) mass is 302 g/mol. The van der Waals surface area contributed by atoms with E-state index in [0.29, 0.717) is 10.6 Å². The maximum absolute atomic E-state index is 11.9. The molecule has 0 heterocycles. The molecule has 0 unspecified atom stereocenters. The van der Waals surface area contributed by atoms with Crippen molar-refractivity contribution in [2.24, 2.45) is 0 Å². The second-order valence-corrected chi connectivity index (χ2v) is 5.42. The van der Waals surface area contributed by atoms with Gasteiger partial charge in [0.15, 0.2) is 0 Å². The number of hydrogen-bond donors (Lipinski definition) is 0. The lowest BCUT2D eigenvalue weighted by atomic mass is 9.97. The van der Waals surface area contributed by atoms with Crippen molar-refractivity contribution in [1.29, 1.82) is 0 Å². The van der Waals surface area contributed by atoms with Crippen LogP contribution >= 0.6 is 11.6 Å². The highest BCUT2D eigenvalue weighted by atomic mass is 35.5. The molecule has 21 heavy (non-hydrogen) atoms. The number of hydrogen-bond acceptors (Lipinski definition) is 2. The van der Waals surface area contributed by atoms with Crippen molar-refractivity contribution in [2.75, 3.05) is 7.11 Å². The van der Waals surface area contributed by atoms with Crippen LogP contribution in [0.25, 0.3) is 11.1 Å². The maximum Gasteiger partial charge on any atom is 0.338 e. The van der Waals surface area contributed by atoms with Gasteiger partial charge in [0, 0.05) is 5.02 Å². The first-order valence-corrected chi connectivity index (χ1v) is 7.50. The first kappa shape index (κ1) is 15.6. The highest BCUT2D eigenvalue weighted by molar-refractivity contribution is 6.31. The van der Waals surface area contributed by atoms with E-state index >= 15 is 0 Å². The minimum atomic E-state index is -0.350. The third kappa shape index (κ3) is 3.85. The van der Waals surface area contributed by atoms with Crippen molar-refractivity contribution in [1.82, 2.24) is 0 Å². The lowest BCUT2D eigenvalue weighted by Crippen LogP contribution is -2.03. The topological polar surface area (TPSA) is 26.3 Å². The number of esters is 1. The van der Waals surface area contributed by atoms with Gasteiger partial charge in [-0.3, -0.25) is 0 Å². The van der Waals surface area contributed by atoms with Crippen LogP contribution < -0.4 is 0 Å². The van der Waals surface area contributed by atoms with E-state index in [1.165, 1.54) is 25.5 Å². The number of benzene rings is 2. The van der Waals surface area contributed by atoms with Gasteiger partial charge in [-0.25, -0.2) is 4.79 Å². The standard InChI is InChI=1S/C18H19ClO2/c1-3-4-5-13-6-8-14(9-7-13)17-12-15(19)10-11-16(17)18(20)21-2/h6-12H,3-5H2,1-2H3. The second kappa shape index (κ2) is 7.28. The van der Waals surface area contributed by atoms with Crippen LogP contribution in [0.2, 0.25) is 5.02 Å². The summed E-state index contributed by atoms with van der Waals surface area (Å²) >= 11 is 6.06. The number of halogens is 1. The zero-order valence-electron chi connectivity index (χ0n) is 12.4. The number of rotatable bonds is 5. The first-order chi connectivity index (χ1) is 10.2. The van der Waals surface area contributed by atoms with Crippen molar-refractivity contribution in [3.63, 3.8) is 0 Å². The van der Waals surface area contributed by atoms with Gasteiger partial charge in [-0.05, 0) is 47.7 Å². The van der Waals surface area contributed by atoms with Gasteiger partial charge in [0.2, 0.25) is 0 Å². The molecular formula is C18H19ClO2. The number of methoxy groups -OCH3 is 1. The minimum absolute atomic E-state index is 0.350. The minimum Gasteiger partial charge on any atom is -0.465 e. The molecule has 0 bridgehead atoms. The van der Waals surface area contributed by atoms with Crippen LogP contribution in [-0.4, -0.2) is 13.1 Å². The van der Waals surface area contributed by atoms with Crippen molar-refractivity contribution in [2.45, 2.75) is 26.2 Å². The Morgan fingerprint density at radius 3 is 2.48 bits per heavy atom. The van der Waals surface area contributed by atoms with E-state index in [1.54, 1.807) is 18.2 Å². The Hall–Kier alpha value is -1.80. The molecule has 0 fully saturated rings. The molecule has 0 radical (unpaired) electrons. The summed E-state index contributed by atoms with van der Waals surface area (Å²) in [7, 11) is 1.38. The Labute approximate surface area is 130 Å². The van der Waals surface area contributed by atoms with Crippen molar-refractivity contribution in [3.8, 4) is 11.1 Å². The van der Waals surface area contributed by atoms with Crippen LogP contribution in [0.15, 0.2) is 42.5 Å². The molecule has 2 aromatic rings. The second-order valence-electron chi connectivity index (χ2n) is 4.98. The third-order valence-corrected chi connectivity index (χ3v) is 3.71. The molecule has 0 amide bonds. The lowest BCUT2D eigenvalue weighted by molar-refractivity contribution is 0.0601. The van der Waals surface area contributed by atoms with E-state index in [4.69, 9.17) is 16.3 Å². The molecule has 2 aromatic carbocycles. The molecule has 0 aliphatic carbocycles. The van der Waals surface area contributed by atoms with E-state index in [1.807, 2.05) is 12.1 Å². The summed E-state index contributed by atoms with van der Waals surface area (Å²) in [5, 5.41) is 0.604. The SMILES string of the molecule is CCCCc1ccc(-c2cc(Cl)ccc2C(=O)OC)cc1. The van der Waals surface area contributed by atoms with Gasteiger partial charge in [0.05, 0.1) is 12.7 Å². The molecule has 0 saturated heterocycles. The zero-order chi connectivity index (χ0) is 15.2. The van der Waals surface area contributed by atoms with Gasteiger partial charge in [-0.2, -0.15) is 0 Å². The molecule has 0 aliphatic rings. The highest BCUT2D eigenvalue weighted by Gasteiger charge is 2.13. The fourth-order valence-electron chi connectivity index (χ4n) is 2.28. The first-order valence-electron chi connectivity index (χ1n) is 7.13. The van der Waals surface area contributed by atoms with E-state index in [2.05, 4.69) is 19.1 Å². The summed E-state index contributed by atoms with van der Waals surface area (Å²) < 4.78 is 4.83. The molecule has 0 aliphatic heterocycles. The van der Waals surface area contributed by atoms with Gasteiger partial charge in [-0.1, -0.05) is 49.2 Å². The number of carbonyl (C=O) groups excluding carboxylic acids is 1. The molecule has 0 N–H and O–H groups in total. The third-order valence-electron chi connectivity index (χ3n) is 3.47. The average Bonchev–Trinajstić information content (AvgIpc) is 2.52. The highest BCUT2D eigenvalue weighted by Crippen LogP contribution is 2.28. The summed E-state index contributed by atoms with van der Waals surface area (Å²) in [5.74, 6) is -0.350. The molecule has 0 atom stereocenters. The molecule has 2 nitrogen and oxygen atoms in total. The summed E-state index contributed by atoms with van der Waals surface area (Å²) in [6.07, 6.45) is 3.45. The van der Waals surface area contributed by atoms with Crippen LogP contribution in [0.5, 0.6) is 0 Å². The normalized spacial score (nSPS) is 10.4. The van der Waals surface area contributed by atoms with Crippen LogP contribution in [0.3, 0.4) is 0 Å². The molecule has 0 aromatic heterocycles. The molecule has 0 saturated carbocycles. The van der Waals surface area contributed by atoms with Crippen LogP contribution in [0, 0.1) is 0 Å². The number of carbonyl (C=O) groups is 1. The van der Waals surface area contributed by atoms with E-state index in [-0.39, 0.29) is 5.97 Å². The van der Waals surface area contributed by atoms with Gasteiger partial charge < -0.3 is 4.74 Å². The van der Waals surface area contributed by atoms with Gasteiger partial charge >= 0.3 is 5.97 Å². The van der Waals surface area contributed by atoms with Gasteiger partial charge in [0.1, 0.15) is 0 Å². The molecular weight excluding hydrogens is 284 g/mol. The maximum atomic E-state index is 11.9. The largest absolute Gasteiger partial charge is 0.465 e. The predicted octanol–water partition coefficient (Wildman–Crippen LogP) is 5.14. The van der Waals surface area contributed by atoms with Crippen LogP contribution in [0.4, 0.5) is 0 Å². The smallest absolute Gasteiger partial charge is 0.338 e.